The van der Waals surface area contributed by atoms with Crippen LogP contribution in [0.3, 0.4) is 0 Å². The summed E-state index contributed by atoms with van der Waals surface area (Å²) in [5.41, 5.74) is 4.91. The van der Waals surface area contributed by atoms with Gasteiger partial charge in [-0.3, -0.25) is 0 Å². The smallest absolute Gasteiger partial charge is 0.227 e. The van der Waals surface area contributed by atoms with Gasteiger partial charge in [0.2, 0.25) is 11.6 Å². The molecule has 0 aliphatic rings. The maximum absolute atomic E-state index is 6.13. The maximum atomic E-state index is 6.13. The monoisotopic (exact) mass is 418 g/mol. The second-order valence-electron chi connectivity index (χ2n) is 7.50. The zero-order chi connectivity index (χ0) is 21.5. The number of para-hydroxylation sites is 1. The number of hydrogen-bond acceptors (Lipinski definition) is 5. The van der Waals surface area contributed by atoms with E-state index in [4.69, 9.17) is 14.1 Å². The second kappa shape index (κ2) is 7.35. The molecule has 0 spiro atoms. The Balaban J connectivity index is 1.39. The molecule has 0 saturated heterocycles. The number of furan rings is 1. The van der Waals surface area contributed by atoms with Crippen molar-refractivity contribution >= 4 is 22.1 Å². The molecule has 0 radical (unpaired) electrons. The van der Waals surface area contributed by atoms with E-state index in [9.17, 15) is 0 Å². The molecule has 0 aliphatic carbocycles. The van der Waals surface area contributed by atoms with Crippen LogP contribution < -0.4 is 4.74 Å². The van der Waals surface area contributed by atoms with E-state index in [0.717, 1.165) is 39.0 Å². The number of rotatable bonds is 4. The van der Waals surface area contributed by atoms with Crippen LogP contribution in [0.4, 0.5) is 0 Å². The molecule has 6 rings (SSSR count). The van der Waals surface area contributed by atoms with Crippen LogP contribution in [0.1, 0.15) is 5.69 Å². The first-order valence-electron chi connectivity index (χ1n) is 10.3. The van der Waals surface area contributed by atoms with Gasteiger partial charge in [0.05, 0.1) is 11.4 Å². The van der Waals surface area contributed by atoms with E-state index in [1.807, 2.05) is 92.0 Å². The normalized spacial score (nSPS) is 11.3. The summed E-state index contributed by atoms with van der Waals surface area (Å²) in [4.78, 5) is 9.27. The third-order valence-electron chi connectivity index (χ3n) is 5.31. The number of pyridine rings is 2. The Kier molecular flexibility index (Phi) is 4.21. The second-order valence-corrected chi connectivity index (χ2v) is 7.50. The number of ether oxygens (including phenoxy) is 1. The Bertz CT molecular complexity index is 1570. The Labute approximate surface area is 183 Å². The number of aromatic nitrogens is 4. The van der Waals surface area contributed by atoms with E-state index in [0.29, 0.717) is 17.3 Å². The van der Waals surface area contributed by atoms with E-state index >= 15 is 0 Å². The molecular formula is C26H18N4O2. The fourth-order valence-corrected chi connectivity index (χ4v) is 3.83. The molecule has 0 atom stereocenters. The molecule has 6 nitrogen and oxygen atoms in total. The van der Waals surface area contributed by atoms with Gasteiger partial charge in [-0.25, -0.2) is 14.6 Å². The van der Waals surface area contributed by atoms with Crippen molar-refractivity contribution in [3.63, 3.8) is 0 Å². The largest absolute Gasteiger partial charge is 0.439 e. The number of nitrogens with zero attached hydrogens (tertiary/aromatic N) is 4. The lowest BCUT2D eigenvalue weighted by Gasteiger charge is -2.09. The minimum atomic E-state index is 0.502. The molecule has 0 amide bonds. The van der Waals surface area contributed by atoms with E-state index in [-0.39, 0.29) is 0 Å². The molecule has 6 aromatic rings. The average Bonchev–Trinajstić information content (AvgIpc) is 3.47. The summed E-state index contributed by atoms with van der Waals surface area (Å²) in [7, 11) is 0. The van der Waals surface area contributed by atoms with Gasteiger partial charge in [-0.05, 0) is 49.4 Å². The van der Waals surface area contributed by atoms with Gasteiger partial charge in [-0.15, -0.1) is 0 Å². The van der Waals surface area contributed by atoms with Crippen LogP contribution in [0.2, 0.25) is 0 Å². The highest BCUT2D eigenvalue weighted by atomic mass is 16.5. The van der Waals surface area contributed by atoms with E-state index in [1.54, 1.807) is 10.9 Å². The van der Waals surface area contributed by atoms with Crippen LogP contribution >= 0.6 is 0 Å². The Hall–Kier alpha value is -4.45. The van der Waals surface area contributed by atoms with Gasteiger partial charge >= 0.3 is 0 Å². The first-order chi connectivity index (χ1) is 15.7. The lowest BCUT2D eigenvalue weighted by atomic mass is 10.1. The number of hydrogen-bond donors (Lipinski definition) is 0. The molecular weight excluding hydrogens is 400 g/mol. The molecule has 0 N–H and O–H groups in total. The Morgan fingerprint density at radius 1 is 0.844 bits per heavy atom. The van der Waals surface area contributed by atoms with Crippen LogP contribution in [-0.4, -0.2) is 19.7 Å². The molecule has 0 bridgehead atoms. The molecule has 0 unspecified atom stereocenters. The summed E-state index contributed by atoms with van der Waals surface area (Å²) in [6, 6.07) is 25.4. The molecule has 4 aromatic heterocycles. The topological polar surface area (TPSA) is 66.0 Å². The fourth-order valence-electron chi connectivity index (χ4n) is 3.83. The van der Waals surface area contributed by atoms with Gasteiger partial charge in [0.15, 0.2) is 0 Å². The quantitative estimate of drug-likeness (QED) is 0.335. The van der Waals surface area contributed by atoms with Crippen LogP contribution in [0.5, 0.6) is 11.6 Å². The van der Waals surface area contributed by atoms with Crippen molar-refractivity contribution in [3.05, 3.63) is 97.0 Å². The lowest BCUT2D eigenvalue weighted by Crippen LogP contribution is -1.95. The summed E-state index contributed by atoms with van der Waals surface area (Å²) < 4.78 is 14.0. The fraction of sp³-hybridized carbons (Fsp3) is 0.0385. The highest BCUT2D eigenvalue weighted by Gasteiger charge is 2.14. The summed E-state index contributed by atoms with van der Waals surface area (Å²) in [5.74, 6) is 1.19. The van der Waals surface area contributed by atoms with Gasteiger partial charge in [0.1, 0.15) is 11.3 Å². The van der Waals surface area contributed by atoms with Crippen LogP contribution in [0.15, 0.2) is 95.7 Å². The van der Waals surface area contributed by atoms with Gasteiger partial charge in [-0.1, -0.05) is 24.3 Å². The van der Waals surface area contributed by atoms with Crippen molar-refractivity contribution in [2.45, 2.75) is 6.92 Å². The third kappa shape index (κ3) is 3.18. The summed E-state index contributed by atoms with van der Waals surface area (Å²) in [6.07, 6.45) is 3.64. The van der Waals surface area contributed by atoms with Crippen LogP contribution in [0.25, 0.3) is 39.0 Å². The molecule has 0 fully saturated rings. The molecule has 0 saturated carbocycles. The number of fused-ring (bicyclic) bond motifs is 3. The highest BCUT2D eigenvalue weighted by molar-refractivity contribution is 6.08. The van der Waals surface area contributed by atoms with Gasteiger partial charge in [0.25, 0.3) is 0 Å². The molecule has 6 heteroatoms. The summed E-state index contributed by atoms with van der Waals surface area (Å²) in [5, 5.41) is 6.28. The third-order valence-corrected chi connectivity index (χ3v) is 5.31. The van der Waals surface area contributed by atoms with Crippen LogP contribution in [0, 0.1) is 6.92 Å². The first-order valence-corrected chi connectivity index (χ1v) is 10.3. The van der Waals surface area contributed by atoms with Crippen LogP contribution in [-0.2, 0) is 0 Å². The Morgan fingerprint density at radius 3 is 2.66 bits per heavy atom. The van der Waals surface area contributed by atoms with Crippen molar-refractivity contribution < 1.29 is 9.15 Å². The number of benzene rings is 2. The van der Waals surface area contributed by atoms with E-state index in [2.05, 4.69) is 10.1 Å². The molecule has 154 valence electrons. The van der Waals surface area contributed by atoms with Crippen molar-refractivity contribution in [3.8, 4) is 28.6 Å². The van der Waals surface area contributed by atoms with Crippen molar-refractivity contribution in [2.75, 3.05) is 0 Å². The van der Waals surface area contributed by atoms with Gasteiger partial charge < -0.3 is 9.15 Å². The zero-order valence-electron chi connectivity index (χ0n) is 17.3. The highest BCUT2D eigenvalue weighted by Crippen LogP contribution is 2.35. The minimum absolute atomic E-state index is 0.502. The van der Waals surface area contributed by atoms with Gasteiger partial charge in [-0.2, -0.15) is 5.10 Å². The average molecular weight is 418 g/mol. The van der Waals surface area contributed by atoms with E-state index in [1.165, 1.54) is 0 Å². The lowest BCUT2D eigenvalue weighted by molar-refractivity contribution is 0.463. The maximum Gasteiger partial charge on any atom is 0.227 e. The summed E-state index contributed by atoms with van der Waals surface area (Å²) >= 11 is 0. The first kappa shape index (κ1) is 18.3. The summed E-state index contributed by atoms with van der Waals surface area (Å²) in [6.45, 7) is 1.96. The van der Waals surface area contributed by atoms with Crippen molar-refractivity contribution in [1.29, 1.82) is 0 Å². The van der Waals surface area contributed by atoms with Gasteiger partial charge in [0, 0.05) is 46.6 Å². The predicted octanol–water partition coefficient (Wildman–Crippen LogP) is 6.33. The minimum Gasteiger partial charge on any atom is -0.439 e. The Morgan fingerprint density at radius 2 is 1.75 bits per heavy atom. The van der Waals surface area contributed by atoms with Crippen molar-refractivity contribution in [2.24, 2.45) is 0 Å². The molecule has 0 aliphatic heterocycles. The van der Waals surface area contributed by atoms with Crippen molar-refractivity contribution in [1.82, 2.24) is 19.7 Å². The predicted molar refractivity (Wildman–Crippen MR) is 123 cm³/mol. The van der Waals surface area contributed by atoms with E-state index < -0.39 is 0 Å². The number of aryl methyl sites for hydroxylation is 1. The molecule has 4 heterocycles. The standard InChI is InChI=1S/C26H18N4O2/c1-17-12-13-21-20-8-3-9-22(25(20)32-26(21)28-17)23-10-4-11-24(29-23)31-19-7-2-6-18(16-19)30-15-5-14-27-30/h2-16H,1H3. The molecule has 32 heavy (non-hydrogen) atoms. The SMILES string of the molecule is Cc1ccc2c(n1)oc1c(-c3cccc(Oc4cccc(-n5cccn5)c4)n3)cccc12. The molecule has 2 aromatic carbocycles. The zero-order valence-corrected chi connectivity index (χ0v) is 17.3.